The number of phenols is 1. The first-order valence-corrected chi connectivity index (χ1v) is 9.97. The number of carbonyl (C=O) groups excluding carboxylic acids is 1. The predicted octanol–water partition coefficient (Wildman–Crippen LogP) is 2.84. The summed E-state index contributed by atoms with van der Waals surface area (Å²) in [5, 5.41) is 16.4. The van der Waals surface area contributed by atoms with Crippen LogP contribution < -0.4 is 20.0 Å². The van der Waals surface area contributed by atoms with E-state index < -0.39 is 5.91 Å². The Morgan fingerprint density at radius 3 is 2.70 bits per heavy atom. The number of aromatic hydroxyl groups is 1. The molecule has 0 atom stereocenters. The topological polar surface area (TPSA) is 111 Å². The molecule has 8 nitrogen and oxygen atoms in total. The molecule has 1 amide bonds. The summed E-state index contributed by atoms with van der Waals surface area (Å²) in [6.07, 6.45) is 1.65. The Hall–Kier alpha value is -3.59. The maximum Gasteiger partial charge on any atom is 0.252 e. The Morgan fingerprint density at radius 1 is 1.23 bits per heavy atom. The minimum atomic E-state index is -0.709. The number of carbonyl (C=O) groups is 1. The van der Waals surface area contributed by atoms with E-state index in [-0.39, 0.29) is 11.3 Å². The summed E-state index contributed by atoms with van der Waals surface area (Å²) in [6, 6.07) is 10.1. The third kappa shape index (κ3) is 4.36. The number of hydrogen-bond donors (Lipinski definition) is 2. The molecule has 0 bridgehead atoms. The van der Waals surface area contributed by atoms with E-state index in [4.69, 9.17) is 15.2 Å². The van der Waals surface area contributed by atoms with Gasteiger partial charge in [-0.1, -0.05) is 0 Å². The zero-order valence-corrected chi connectivity index (χ0v) is 17.6. The van der Waals surface area contributed by atoms with Crippen LogP contribution >= 0.6 is 11.3 Å². The summed E-state index contributed by atoms with van der Waals surface area (Å²) < 4.78 is 12.4. The highest BCUT2D eigenvalue weighted by Gasteiger charge is 2.13. The monoisotopic (exact) mass is 426 g/mol. The Balaban J connectivity index is 2.13. The van der Waals surface area contributed by atoms with Crippen LogP contribution in [0.5, 0.6) is 17.2 Å². The molecule has 0 aliphatic carbocycles. The Bertz CT molecular complexity index is 1160. The second-order valence-electron chi connectivity index (χ2n) is 6.14. The molecule has 0 saturated carbocycles. The first kappa shape index (κ1) is 21.1. The van der Waals surface area contributed by atoms with E-state index in [0.717, 1.165) is 5.56 Å². The van der Waals surface area contributed by atoms with Gasteiger partial charge in [-0.05, 0) is 43.3 Å². The molecular weight excluding hydrogens is 404 g/mol. The van der Waals surface area contributed by atoms with Gasteiger partial charge in [-0.25, -0.2) is 4.68 Å². The van der Waals surface area contributed by atoms with Crippen LogP contribution in [-0.4, -0.2) is 42.7 Å². The first-order chi connectivity index (χ1) is 14.5. The van der Waals surface area contributed by atoms with Crippen LogP contribution in [0.2, 0.25) is 0 Å². The van der Waals surface area contributed by atoms with Crippen molar-refractivity contribution >= 4 is 23.5 Å². The van der Waals surface area contributed by atoms with Gasteiger partial charge in [0.2, 0.25) is 4.80 Å². The van der Waals surface area contributed by atoms with Gasteiger partial charge in [0.15, 0.2) is 0 Å². The lowest BCUT2D eigenvalue weighted by Crippen LogP contribution is -2.13. The van der Waals surface area contributed by atoms with Crippen molar-refractivity contribution in [3.63, 3.8) is 0 Å². The number of amides is 1. The van der Waals surface area contributed by atoms with Gasteiger partial charge in [-0.2, -0.15) is 5.10 Å². The summed E-state index contributed by atoms with van der Waals surface area (Å²) in [6.45, 7) is 2.52. The van der Waals surface area contributed by atoms with Crippen LogP contribution in [0.4, 0.5) is 0 Å². The van der Waals surface area contributed by atoms with E-state index in [1.165, 1.54) is 23.5 Å². The second-order valence-corrected chi connectivity index (χ2v) is 6.97. The molecule has 3 rings (SSSR count). The fraction of sp³-hybridized carbons (Fsp3) is 0.190. The van der Waals surface area contributed by atoms with Gasteiger partial charge in [-0.15, -0.1) is 11.3 Å². The third-order valence-corrected chi connectivity index (χ3v) is 5.14. The Kier molecular flexibility index (Phi) is 6.53. The number of ether oxygens (including phenoxy) is 2. The largest absolute Gasteiger partial charge is 0.507 e. The highest BCUT2D eigenvalue weighted by atomic mass is 32.1. The molecule has 0 radical (unpaired) electrons. The smallest absolute Gasteiger partial charge is 0.252 e. The quantitative estimate of drug-likeness (QED) is 0.566. The van der Waals surface area contributed by atoms with E-state index >= 15 is 0 Å². The van der Waals surface area contributed by atoms with Gasteiger partial charge >= 0.3 is 0 Å². The summed E-state index contributed by atoms with van der Waals surface area (Å²) >= 11 is 1.41. The molecule has 3 aromatic rings. The van der Waals surface area contributed by atoms with Gasteiger partial charge in [-0.3, -0.25) is 9.79 Å². The average Bonchev–Trinajstić information content (AvgIpc) is 3.14. The molecule has 1 aromatic heterocycles. The van der Waals surface area contributed by atoms with Crippen LogP contribution in [0.25, 0.3) is 11.3 Å². The molecule has 0 fully saturated rings. The summed E-state index contributed by atoms with van der Waals surface area (Å²) in [7, 11) is 3.18. The van der Waals surface area contributed by atoms with Gasteiger partial charge in [0.25, 0.3) is 5.91 Å². The molecule has 0 spiro atoms. The predicted molar refractivity (Wildman–Crippen MR) is 117 cm³/mol. The highest BCUT2D eigenvalue weighted by molar-refractivity contribution is 7.07. The molecule has 0 unspecified atom stereocenters. The Morgan fingerprint density at radius 2 is 2.03 bits per heavy atom. The van der Waals surface area contributed by atoms with Crippen molar-refractivity contribution in [2.45, 2.75) is 6.92 Å². The van der Waals surface area contributed by atoms with E-state index in [2.05, 4.69) is 10.1 Å². The number of benzene rings is 2. The van der Waals surface area contributed by atoms with Crippen molar-refractivity contribution in [3.8, 4) is 28.5 Å². The van der Waals surface area contributed by atoms with Crippen molar-refractivity contribution < 1.29 is 19.4 Å². The van der Waals surface area contributed by atoms with Crippen LogP contribution in [0, 0.1) is 0 Å². The molecule has 156 valence electrons. The normalized spacial score (nSPS) is 11.8. The third-order valence-electron chi connectivity index (χ3n) is 4.29. The van der Waals surface area contributed by atoms with Crippen LogP contribution in [-0.2, 0) is 0 Å². The van der Waals surface area contributed by atoms with Gasteiger partial charge in [0, 0.05) is 23.1 Å². The molecule has 2 aromatic carbocycles. The van der Waals surface area contributed by atoms with Crippen LogP contribution in [0.1, 0.15) is 22.8 Å². The van der Waals surface area contributed by atoms with E-state index in [9.17, 15) is 9.90 Å². The average molecular weight is 426 g/mol. The van der Waals surface area contributed by atoms with E-state index in [1.54, 1.807) is 43.3 Å². The second kappa shape index (κ2) is 9.27. The lowest BCUT2D eigenvalue weighted by Gasteiger charge is -2.08. The number of hydrogen-bond acceptors (Lipinski definition) is 7. The lowest BCUT2D eigenvalue weighted by atomic mass is 10.1. The van der Waals surface area contributed by atoms with Crippen molar-refractivity contribution in [3.05, 3.63) is 57.7 Å². The van der Waals surface area contributed by atoms with Crippen molar-refractivity contribution in [1.29, 1.82) is 0 Å². The highest BCUT2D eigenvalue weighted by Crippen LogP contribution is 2.27. The molecule has 9 heteroatoms. The van der Waals surface area contributed by atoms with E-state index in [1.807, 2.05) is 18.4 Å². The van der Waals surface area contributed by atoms with Gasteiger partial charge in [0.05, 0.1) is 31.7 Å². The number of methoxy groups -OCH3 is 2. The standard InChI is InChI=1S/C21H22N4O4S/c1-4-23-21-25(24-11-14-9-15(28-2)6-8-19(14)29-3)17(12-30-21)13-5-7-18(26)16(10-13)20(22)27/h5-12,26H,4H2,1-3H3,(H2,22,27)/b23-21?,24-11-. The maximum atomic E-state index is 11.6. The minimum absolute atomic E-state index is 0.0395. The van der Waals surface area contributed by atoms with Crippen molar-refractivity contribution in [1.82, 2.24) is 4.68 Å². The number of nitrogens with two attached hydrogens (primary N) is 1. The van der Waals surface area contributed by atoms with E-state index in [0.29, 0.717) is 34.1 Å². The Labute approximate surface area is 177 Å². The molecule has 1 heterocycles. The van der Waals surface area contributed by atoms with Crippen LogP contribution in [0.3, 0.4) is 0 Å². The van der Waals surface area contributed by atoms with Crippen molar-refractivity contribution in [2.24, 2.45) is 15.8 Å². The number of primary amides is 1. The maximum absolute atomic E-state index is 11.6. The molecule has 0 aliphatic rings. The zero-order valence-electron chi connectivity index (χ0n) is 16.8. The minimum Gasteiger partial charge on any atom is -0.507 e. The summed E-state index contributed by atoms with van der Waals surface area (Å²) in [5.41, 5.74) is 7.51. The molecular formula is C21H22N4O4S. The number of thiazole rings is 1. The number of nitrogens with zero attached hydrogens (tertiary/aromatic N) is 3. The van der Waals surface area contributed by atoms with Crippen LogP contribution in [0.15, 0.2) is 51.9 Å². The fourth-order valence-corrected chi connectivity index (χ4v) is 3.71. The molecule has 0 aliphatic heterocycles. The summed E-state index contributed by atoms with van der Waals surface area (Å²) in [4.78, 5) is 16.8. The fourth-order valence-electron chi connectivity index (χ4n) is 2.81. The van der Waals surface area contributed by atoms with Gasteiger partial charge < -0.3 is 20.3 Å². The summed E-state index contributed by atoms with van der Waals surface area (Å²) in [5.74, 6) is 0.442. The number of aromatic nitrogens is 1. The SMILES string of the molecule is CCN=c1scc(-c2ccc(O)c(C(N)=O)c2)n1/N=C\c1cc(OC)ccc1OC. The molecule has 3 N–H and O–H groups in total. The lowest BCUT2D eigenvalue weighted by molar-refractivity contribution is 0.0998. The molecule has 30 heavy (non-hydrogen) atoms. The number of rotatable bonds is 7. The van der Waals surface area contributed by atoms with Crippen molar-refractivity contribution in [2.75, 3.05) is 20.8 Å². The first-order valence-electron chi connectivity index (χ1n) is 9.09. The molecule has 0 saturated heterocycles. The van der Waals surface area contributed by atoms with Gasteiger partial charge in [0.1, 0.15) is 17.2 Å². The zero-order chi connectivity index (χ0) is 21.7.